The molecule has 0 aromatic carbocycles. The first-order valence-electron chi connectivity index (χ1n) is 8.42. The summed E-state index contributed by atoms with van der Waals surface area (Å²) in [5, 5.41) is 3.55. The lowest BCUT2D eigenvalue weighted by molar-refractivity contribution is 0.593. The van der Waals surface area contributed by atoms with Crippen LogP contribution < -0.4 is 5.32 Å². The van der Waals surface area contributed by atoms with Crippen LogP contribution in [0.2, 0.25) is 0 Å². The molecule has 0 radical (unpaired) electrons. The van der Waals surface area contributed by atoms with Crippen molar-refractivity contribution in [1.82, 2.24) is 5.32 Å². The topological polar surface area (TPSA) is 12.0 Å². The van der Waals surface area contributed by atoms with Gasteiger partial charge in [0, 0.05) is 12.2 Å². The molecule has 0 aromatic heterocycles. The van der Waals surface area contributed by atoms with Crippen molar-refractivity contribution in [1.29, 1.82) is 0 Å². The molecular weight excluding hydrogens is 242 g/mol. The highest BCUT2D eigenvalue weighted by molar-refractivity contribution is 5.36. The summed E-state index contributed by atoms with van der Waals surface area (Å²) in [7, 11) is 0. The van der Waals surface area contributed by atoms with Crippen LogP contribution in [0.15, 0.2) is 36.1 Å². The van der Waals surface area contributed by atoms with Gasteiger partial charge in [-0.3, -0.25) is 0 Å². The van der Waals surface area contributed by atoms with Gasteiger partial charge in [-0.2, -0.15) is 0 Å². The average molecular weight is 277 g/mol. The van der Waals surface area contributed by atoms with Crippen LogP contribution in [0.3, 0.4) is 0 Å². The maximum atomic E-state index is 4.11. The molecule has 20 heavy (non-hydrogen) atoms. The molecule has 0 aliphatic rings. The van der Waals surface area contributed by atoms with Crippen LogP contribution in [0.4, 0.5) is 0 Å². The molecule has 116 valence electrons. The lowest BCUT2D eigenvalue weighted by Gasteiger charge is -2.15. The zero-order chi connectivity index (χ0) is 15.2. The number of allylic oxidation sites excluding steroid dienone is 3. The molecule has 0 amide bonds. The van der Waals surface area contributed by atoms with E-state index in [4.69, 9.17) is 0 Å². The third-order valence-electron chi connectivity index (χ3n) is 3.67. The van der Waals surface area contributed by atoms with Crippen molar-refractivity contribution in [3.63, 3.8) is 0 Å². The Balaban J connectivity index is 4.15. The minimum absolute atomic E-state index is 1.05. The molecule has 0 atom stereocenters. The first-order chi connectivity index (χ1) is 9.67. The van der Waals surface area contributed by atoms with E-state index in [9.17, 15) is 0 Å². The normalized spacial score (nSPS) is 11.9. The van der Waals surface area contributed by atoms with Crippen LogP contribution >= 0.6 is 0 Å². The van der Waals surface area contributed by atoms with Gasteiger partial charge in [0.05, 0.1) is 0 Å². The summed E-state index contributed by atoms with van der Waals surface area (Å²) in [5.41, 5.74) is 3.72. The number of unbranched alkanes of at least 4 members (excludes halogenated alkanes) is 6. The van der Waals surface area contributed by atoms with Crippen molar-refractivity contribution in [2.75, 3.05) is 6.54 Å². The smallest absolute Gasteiger partial charge is 0.0369 e. The van der Waals surface area contributed by atoms with Crippen LogP contribution in [-0.2, 0) is 0 Å². The Morgan fingerprint density at radius 2 is 1.55 bits per heavy atom. The molecule has 0 fully saturated rings. The zero-order valence-corrected chi connectivity index (χ0v) is 14.1. The molecule has 0 rings (SSSR count). The van der Waals surface area contributed by atoms with Gasteiger partial charge < -0.3 is 5.32 Å². The predicted octanol–water partition coefficient (Wildman–Crippen LogP) is 6.14. The molecule has 0 saturated carbocycles. The fourth-order valence-corrected chi connectivity index (χ4v) is 2.36. The van der Waals surface area contributed by atoms with E-state index in [0.717, 1.165) is 13.0 Å². The number of hydrogen-bond donors (Lipinski definition) is 1. The standard InChI is InChI=1S/C19H35N/c1-6-9-11-12-13-14-16-20-19(8-3)18(17(4)5)15-10-7-2/h8,20H,3-4,6-7,9-16H2,1-2,5H3/b19-18-. The number of nitrogens with one attached hydrogen (secondary N) is 1. The summed E-state index contributed by atoms with van der Waals surface area (Å²) < 4.78 is 0. The average Bonchev–Trinajstić information content (AvgIpc) is 2.44. The summed E-state index contributed by atoms with van der Waals surface area (Å²) in [6, 6.07) is 0. The maximum absolute atomic E-state index is 4.11. The van der Waals surface area contributed by atoms with E-state index in [1.807, 2.05) is 6.08 Å². The first-order valence-corrected chi connectivity index (χ1v) is 8.42. The van der Waals surface area contributed by atoms with Gasteiger partial charge in [-0.15, -0.1) is 0 Å². The van der Waals surface area contributed by atoms with Crippen LogP contribution in [0.25, 0.3) is 0 Å². The monoisotopic (exact) mass is 277 g/mol. The highest BCUT2D eigenvalue weighted by atomic mass is 14.9. The Bertz CT molecular complexity index is 299. The summed E-state index contributed by atoms with van der Waals surface area (Å²) in [6.07, 6.45) is 13.5. The second-order valence-corrected chi connectivity index (χ2v) is 5.67. The van der Waals surface area contributed by atoms with Gasteiger partial charge in [0.25, 0.3) is 0 Å². The van der Waals surface area contributed by atoms with Crippen LogP contribution in [0.1, 0.15) is 78.6 Å². The minimum atomic E-state index is 1.05. The molecule has 0 heterocycles. The van der Waals surface area contributed by atoms with Gasteiger partial charge in [0.2, 0.25) is 0 Å². The van der Waals surface area contributed by atoms with E-state index >= 15 is 0 Å². The second kappa shape index (κ2) is 13.0. The predicted molar refractivity (Wildman–Crippen MR) is 92.9 cm³/mol. The molecule has 1 nitrogen and oxygen atoms in total. The van der Waals surface area contributed by atoms with Crippen molar-refractivity contribution >= 4 is 0 Å². The van der Waals surface area contributed by atoms with Gasteiger partial charge in [0.15, 0.2) is 0 Å². The molecular formula is C19H35N. The van der Waals surface area contributed by atoms with Crippen molar-refractivity contribution in [3.05, 3.63) is 36.1 Å². The van der Waals surface area contributed by atoms with E-state index in [-0.39, 0.29) is 0 Å². The van der Waals surface area contributed by atoms with Crippen molar-refractivity contribution < 1.29 is 0 Å². The van der Waals surface area contributed by atoms with Crippen LogP contribution in [-0.4, -0.2) is 6.54 Å². The third-order valence-corrected chi connectivity index (χ3v) is 3.67. The Morgan fingerprint density at radius 3 is 2.10 bits per heavy atom. The highest BCUT2D eigenvalue weighted by Gasteiger charge is 2.04. The quantitative estimate of drug-likeness (QED) is 0.315. The Kier molecular flexibility index (Phi) is 12.4. The molecule has 1 N–H and O–H groups in total. The fourth-order valence-electron chi connectivity index (χ4n) is 2.36. The summed E-state index contributed by atoms with van der Waals surface area (Å²) in [4.78, 5) is 0. The van der Waals surface area contributed by atoms with Gasteiger partial charge >= 0.3 is 0 Å². The zero-order valence-electron chi connectivity index (χ0n) is 14.1. The Labute approximate surface area is 127 Å². The molecule has 0 aliphatic heterocycles. The Morgan fingerprint density at radius 1 is 0.950 bits per heavy atom. The molecule has 0 bridgehead atoms. The van der Waals surface area contributed by atoms with Gasteiger partial charge in [-0.25, -0.2) is 0 Å². The van der Waals surface area contributed by atoms with Gasteiger partial charge in [-0.1, -0.05) is 71.1 Å². The van der Waals surface area contributed by atoms with E-state index < -0.39 is 0 Å². The van der Waals surface area contributed by atoms with Crippen molar-refractivity contribution in [2.45, 2.75) is 78.6 Å². The van der Waals surface area contributed by atoms with Crippen molar-refractivity contribution in [3.8, 4) is 0 Å². The Hall–Kier alpha value is -0.980. The van der Waals surface area contributed by atoms with Crippen LogP contribution in [0.5, 0.6) is 0 Å². The summed E-state index contributed by atoms with van der Waals surface area (Å²) in [5.74, 6) is 0. The molecule has 0 aromatic rings. The third kappa shape index (κ3) is 9.01. The molecule has 0 spiro atoms. The largest absolute Gasteiger partial charge is 0.385 e. The lowest BCUT2D eigenvalue weighted by atomic mass is 10.00. The van der Waals surface area contributed by atoms with E-state index in [1.165, 1.54) is 68.2 Å². The molecule has 0 saturated heterocycles. The van der Waals surface area contributed by atoms with E-state index in [1.54, 1.807) is 0 Å². The number of rotatable bonds is 13. The highest BCUT2D eigenvalue weighted by Crippen LogP contribution is 2.19. The first kappa shape index (κ1) is 19.0. The van der Waals surface area contributed by atoms with Crippen molar-refractivity contribution in [2.24, 2.45) is 0 Å². The molecule has 1 heteroatoms. The van der Waals surface area contributed by atoms with Gasteiger partial charge in [0.1, 0.15) is 0 Å². The van der Waals surface area contributed by atoms with Crippen LogP contribution in [0, 0.1) is 0 Å². The fraction of sp³-hybridized carbons (Fsp3) is 0.684. The van der Waals surface area contributed by atoms with E-state index in [0.29, 0.717) is 0 Å². The SMILES string of the molecule is C=C/C(NCCCCCCCC)=C(\CCCC)C(=C)C. The van der Waals surface area contributed by atoms with E-state index in [2.05, 4.69) is 39.2 Å². The maximum Gasteiger partial charge on any atom is 0.0369 e. The molecule has 0 unspecified atom stereocenters. The van der Waals surface area contributed by atoms with Gasteiger partial charge in [-0.05, 0) is 37.8 Å². The molecule has 0 aliphatic carbocycles. The summed E-state index contributed by atoms with van der Waals surface area (Å²) in [6.45, 7) is 15.7. The lowest BCUT2D eigenvalue weighted by Crippen LogP contribution is -2.16. The summed E-state index contributed by atoms with van der Waals surface area (Å²) >= 11 is 0. The minimum Gasteiger partial charge on any atom is -0.385 e. The second-order valence-electron chi connectivity index (χ2n) is 5.67. The number of hydrogen-bond acceptors (Lipinski definition) is 1.